The molecule has 3 aromatic rings. The van der Waals surface area contributed by atoms with Crippen LogP contribution in [0.3, 0.4) is 0 Å². The van der Waals surface area contributed by atoms with E-state index in [1.54, 1.807) is 36.6 Å². The van der Waals surface area contributed by atoms with E-state index in [1.165, 1.54) is 41.9 Å². The molecule has 0 saturated carbocycles. The summed E-state index contributed by atoms with van der Waals surface area (Å²) in [5, 5.41) is 4.78. The number of furan rings is 1. The summed E-state index contributed by atoms with van der Waals surface area (Å²) in [5.41, 5.74) is 1.47. The molecule has 0 saturated heterocycles. The van der Waals surface area contributed by atoms with Crippen molar-refractivity contribution < 1.29 is 23.1 Å². The second-order valence-electron chi connectivity index (χ2n) is 5.42. The Morgan fingerprint density at radius 3 is 2.70 bits per heavy atom. The maximum absolute atomic E-state index is 13.2. The van der Waals surface area contributed by atoms with Crippen LogP contribution in [0.5, 0.6) is 0 Å². The molecule has 3 rings (SSSR count). The third kappa shape index (κ3) is 4.51. The van der Waals surface area contributed by atoms with Gasteiger partial charge in [0.25, 0.3) is 0 Å². The van der Waals surface area contributed by atoms with E-state index in [2.05, 4.69) is 5.32 Å². The SMILES string of the molecule is CCOC(=O)c1c(-c2ccc(F)cc2)csc1NC(=O)C=Cc1ccco1. The summed E-state index contributed by atoms with van der Waals surface area (Å²) in [6.45, 7) is 1.90. The number of thiophene rings is 1. The number of hydrogen-bond donors (Lipinski definition) is 1. The van der Waals surface area contributed by atoms with Gasteiger partial charge in [-0.3, -0.25) is 4.79 Å². The van der Waals surface area contributed by atoms with Crippen molar-refractivity contribution in [3.05, 3.63) is 71.3 Å². The van der Waals surface area contributed by atoms with Gasteiger partial charge in [0, 0.05) is 17.0 Å². The number of hydrogen-bond acceptors (Lipinski definition) is 5. The van der Waals surface area contributed by atoms with Crippen molar-refractivity contribution in [2.24, 2.45) is 0 Å². The minimum absolute atomic E-state index is 0.198. The minimum atomic E-state index is -0.552. The molecule has 0 radical (unpaired) electrons. The number of carbonyl (C=O) groups excluding carboxylic acids is 2. The van der Waals surface area contributed by atoms with Gasteiger partial charge in [-0.25, -0.2) is 9.18 Å². The Balaban J connectivity index is 1.89. The van der Waals surface area contributed by atoms with E-state index in [-0.39, 0.29) is 18.0 Å². The van der Waals surface area contributed by atoms with Gasteiger partial charge < -0.3 is 14.5 Å². The third-order valence-electron chi connectivity index (χ3n) is 3.60. The van der Waals surface area contributed by atoms with E-state index in [0.29, 0.717) is 21.9 Å². The van der Waals surface area contributed by atoms with Crippen molar-refractivity contribution in [3.8, 4) is 11.1 Å². The lowest BCUT2D eigenvalue weighted by Gasteiger charge is -2.08. The lowest BCUT2D eigenvalue weighted by molar-refractivity contribution is -0.111. The molecule has 0 aliphatic carbocycles. The molecule has 2 heterocycles. The van der Waals surface area contributed by atoms with E-state index in [4.69, 9.17) is 9.15 Å². The number of anilines is 1. The molecule has 138 valence electrons. The number of carbonyl (C=O) groups is 2. The van der Waals surface area contributed by atoms with Crippen molar-refractivity contribution in [3.63, 3.8) is 0 Å². The van der Waals surface area contributed by atoms with Gasteiger partial charge in [-0.15, -0.1) is 11.3 Å². The Morgan fingerprint density at radius 1 is 1.26 bits per heavy atom. The molecule has 5 nitrogen and oxygen atoms in total. The Morgan fingerprint density at radius 2 is 2.04 bits per heavy atom. The summed E-state index contributed by atoms with van der Waals surface area (Å²) in [4.78, 5) is 24.6. The highest BCUT2D eigenvalue weighted by Crippen LogP contribution is 2.36. The van der Waals surface area contributed by atoms with Gasteiger partial charge in [0.05, 0.1) is 12.9 Å². The summed E-state index contributed by atoms with van der Waals surface area (Å²) in [6.07, 6.45) is 4.34. The molecule has 7 heteroatoms. The van der Waals surface area contributed by atoms with Gasteiger partial charge in [-0.05, 0) is 42.8 Å². The zero-order valence-corrected chi connectivity index (χ0v) is 15.2. The van der Waals surface area contributed by atoms with Gasteiger partial charge in [0.2, 0.25) is 5.91 Å². The molecule has 0 atom stereocenters. The van der Waals surface area contributed by atoms with Gasteiger partial charge in [-0.1, -0.05) is 12.1 Å². The molecular formula is C20H16FNO4S. The number of amides is 1. The average molecular weight is 385 g/mol. The molecule has 0 aliphatic heterocycles. The first-order chi connectivity index (χ1) is 13.1. The number of halogens is 1. The first-order valence-corrected chi connectivity index (χ1v) is 9.03. The molecular weight excluding hydrogens is 369 g/mol. The third-order valence-corrected chi connectivity index (χ3v) is 4.50. The maximum atomic E-state index is 13.2. The predicted octanol–water partition coefficient (Wildman–Crippen LogP) is 4.98. The van der Waals surface area contributed by atoms with Crippen molar-refractivity contribution >= 4 is 34.3 Å². The molecule has 1 amide bonds. The van der Waals surface area contributed by atoms with Crippen molar-refractivity contribution in [2.45, 2.75) is 6.92 Å². The Kier molecular flexibility index (Phi) is 5.83. The minimum Gasteiger partial charge on any atom is -0.465 e. The van der Waals surface area contributed by atoms with Crippen molar-refractivity contribution in [1.82, 2.24) is 0 Å². The Bertz CT molecular complexity index is 959. The van der Waals surface area contributed by atoms with E-state index in [0.717, 1.165) is 0 Å². The highest BCUT2D eigenvalue weighted by Gasteiger charge is 2.22. The maximum Gasteiger partial charge on any atom is 0.341 e. The quantitative estimate of drug-likeness (QED) is 0.480. The van der Waals surface area contributed by atoms with Crippen LogP contribution in [0.2, 0.25) is 0 Å². The smallest absolute Gasteiger partial charge is 0.341 e. The number of nitrogens with one attached hydrogen (secondary N) is 1. The van der Waals surface area contributed by atoms with Crippen LogP contribution in [0.25, 0.3) is 17.2 Å². The second kappa shape index (κ2) is 8.46. The van der Waals surface area contributed by atoms with E-state index >= 15 is 0 Å². The second-order valence-corrected chi connectivity index (χ2v) is 6.30. The zero-order chi connectivity index (χ0) is 19.2. The first-order valence-electron chi connectivity index (χ1n) is 8.15. The van der Waals surface area contributed by atoms with Crippen LogP contribution in [-0.4, -0.2) is 18.5 Å². The molecule has 0 bridgehead atoms. The van der Waals surface area contributed by atoms with Crippen molar-refractivity contribution in [2.75, 3.05) is 11.9 Å². The monoisotopic (exact) mass is 385 g/mol. The highest BCUT2D eigenvalue weighted by atomic mass is 32.1. The lowest BCUT2D eigenvalue weighted by atomic mass is 10.0. The Hall–Kier alpha value is -3.19. The van der Waals surface area contributed by atoms with Crippen LogP contribution in [0.15, 0.2) is 58.5 Å². The van der Waals surface area contributed by atoms with Gasteiger partial charge >= 0.3 is 5.97 Å². The fraction of sp³-hybridized carbons (Fsp3) is 0.100. The summed E-state index contributed by atoms with van der Waals surface area (Å²) in [7, 11) is 0. The van der Waals surface area contributed by atoms with Crippen LogP contribution in [0.1, 0.15) is 23.0 Å². The van der Waals surface area contributed by atoms with Gasteiger partial charge in [0.15, 0.2) is 0 Å². The molecule has 1 N–H and O–H groups in total. The van der Waals surface area contributed by atoms with Gasteiger partial charge in [-0.2, -0.15) is 0 Å². The summed E-state index contributed by atoms with van der Waals surface area (Å²) in [6, 6.07) is 9.19. The fourth-order valence-electron chi connectivity index (χ4n) is 2.40. The van der Waals surface area contributed by atoms with E-state index < -0.39 is 11.9 Å². The zero-order valence-electron chi connectivity index (χ0n) is 14.4. The molecule has 0 aliphatic rings. The van der Waals surface area contributed by atoms with Crippen LogP contribution in [0, 0.1) is 5.82 Å². The van der Waals surface area contributed by atoms with Crippen LogP contribution < -0.4 is 5.32 Å². The van der Waals surface area contributed by atoms with Crippen LogP contribution in [-0.2, 0) is 9.53 Å². The molecule has 27 heavy (non-hydrogen) atoms. The number of ether oxygens (including phenoxy) is 1. The molecule has 0 spiro atoms. The molecule has 0 fully saturated rings. The topological polar surface area (TPSA) is 68.5 Å². The van der Waals surface area contributed by atoms with Crippen LogP contribution in [0.4, 0.5) is 9.39 Å². The summed E-state index contributed by atoms with van der Waals surface area (Å²) in [5.74, 6) is -0.801. The predicted molar refractivity (Wildman–Crippen MR) is 102 cm³/mol. The summed E-state index contributed by atoms with van der Waals surface area (Å²) >= 11 is 1.20. The van der Waals surface area contributed by atoms with Gasteiger partial charge in [0.1, 0.15) is 22.1 Å². The Labute approximate surface area is 159 Å². The van der Waals surface area contributed by atoms with Crippen molar-refractivity contribution in [1.29, 1.82) is 0 Å². The largest absolute Gasteiger partial charge is 0.465 e. The normalized spacial score (nSPS) is 10.9. The average Bonchev–Trinajstić information content (AvgIpc) is 3.31. The number of rotatable bonds is 6. The molecule has 0 unspecified atom stereocenters. The first kappa shape index (κ1) is 18.6. The molecule has 2 aromatic heterocycles. The fourth-order valence-corrected chi connectivity index (χ4v) is 3.36. The lowest BCUT2D eigenvalue weighted by Crippen LogP contribution is -2.12. The number of esters is 1. The standard InChI is InChI=1S/C20H16FNO4S/c1-2-25-20(24)18-16(13-5-7-14(21)8-6-13)12-27-19(18)22-17(23)10-9-15-4-3-11-26-15/h3-12H,2H2,1H3,(H,22,23). The van der Waals surface area contributed by atoms with Crippen LogP contribution >= 0.6 is 11.3 Å². The van der Waals surface area contributed by atoms with E-state index in [9.17, 15) is 14.0 Å². The summed E-state index contributed by atoms with van der Waals surface area (Å²) < 4.78 is 23.5. The molecule has 1 aromatic carbocycles. The number of benzene rings is 1. The highest BCUT2D eigenvalue weighted by molar-refractivity contribution is 7.15. The van der Waals surface area contributed by atoms with E-state index in [1.807, 2.05) is 0 Å².